The standard InChI is InChI=1S/C19H28N4O5S/c1-28-19(27)14(8-9-29-2)23-18(26)15(10-13-6-4-3-5-7-13)22-17(25)12-21-16(24)11-20/h3-7,14-15H,8-12,20H2,1-2H3,(H,21,24)(H,22,25)(H,23,26)/t14-,15-/m0/s1. The van der Waals surface area contributed by atoms with E-state index in [1.165, 1.54) is 18.9 Å². The summed E-state index contributed by atoms with van der Waals surface area (Å²) in [5.74, 6) is -1.43. The third kappa shape index (κ3) is 9.44. The van der Waals surface area contributed by atoms with Crippen LogP contribution in [0.15, 0.2) is 30.3 Å². The maximum Gasteiger partial charge on any atom is 0.328 e. The van der Waals surface area contributed by atoms with Crippen molar-refractivity contribution in [2.75, 3.05) is 32.2 Å². The third-order valence-corrected chi connectivity index (χ3v) is 4.62. The molecule has 0 fully saturated rings. The molecule has 29 heavy (non-hydrogen) atoms. The van der Waals surface area contributed by atoms with Crippen molar-refractivity contribution in [3.63, 3.8) is 0 Å². The summed E-state index contributed by atoms with van der Waals surface area (Å²) in [6.07, 6.45) is 2.52. The van der Waals surface area contributed by atoms with Crippen LogP contribution in [0.2, 0.25) is 0 Å². The number of nitrogens with two attached hydrogens (primary N) is 1. The molecule has 2 atom stereocenters. The molecule has 0 saturated heterocycles. The lowest BCUT2D eigenvalue weighted by molar-refractivity contribution is -0.145. The number of nitrogens with one attached hydrogen (secondary N) is 3. The number of ether oxygens (including phenoxy) is 1. The zero-order valence-corrected chi connectivity index (χ0v) is 17.4. The van der Waals surface area contributed by atoms with Crippen LogP contribution in [-0.2, 0) is 30.3 Å². The molecule has 0 unspecified atom stereocenters. The molecule has 160 valence electrons. The van der Waals surface area contributed by atoms with Crippen LogP contribution in [0.25, 0.3) is 0 Å². The lowest BCUT2D eigenvalue weighted by Gasteiger charge is -2.22. The first-order valence-corrected chi connectivity index (χ1v) is 10.5. The van der Waals surface area contributed by atoms with Gasteiger partial charge in [-0.3, -0.25) is 14.4 Å². The van der Waals surface area contributed by atoms with Crippen molar-refractivity contribution in [2.45, 2.75) is 24.9 Å². The Kier molecular flexibility index (Phi) is 11.4. The lowest BCUT2D eigenvalue weighted by Crippen LogP contribution is -2.54. The predicted molar refractivity (Wildman–Crippen MR) is 111 cm³/mol. The highest BCUT2D eigenvalue weighted by atomic mass is 32.2. The Morgan fingerprint density at radius 1 is 1.07 bits per heavy atom. The quantitative estimate of drug-likeness (QED) is 0.322. The van der Waals surface area contributed by atoms with E-state index in [0.717, 1.165) is 5.56 Å². The molecule has 0 aliphatic heterocycles. The van der Waals surface area contributed by atoms with E-state index in [-0.39, 0.29) is 19.5 Å². The summed E-state index contributed by atoms with van der Waals surface area (Å²) in [5.41, 5.74) is 6.02. The van der Waals surface area contributed by atoms with Crippen molar-refractivity contribution in [3.05, 3.63) is 35.9 Å². The van der Waals surface area contributed by atoms with Gasteiger partial charge in [-0.2, -0.15) is 11.8 Å². The Balaban J connectivity index is 2.87. The van der Waals surface area contributed by atoms with Crippen LogP contribution in [0.1, 0.15) is 12.0 Å². The minimum Gasteiger partial charge on any atom is -0.467 e. The topological polar surface area (TPSA) is 140 Å². The average molecular weight is 425 g/mol. The molecular weight excluding hydrogens is 396 g/mol. The first kappa shape index (κ1) is 24.4. The van der Waals surface area contributed by atoms with Gasteiger partial charge in [0, 0.05) is 6.42 Å². The van der Waals surface area contributed by atoms with Crippen LogP contribution < -0.4 is 21.7 Å². The Hall–Kier alpha value is -2.59. The molecular formula is C19H28N4O5S. The molecule has 0 heterocycles. The van der Waals surface area contributed by atoms with E-state index in [9.17, 15) is 19.2 Å². The van der Waals surface area contributed by atoms with Crippen molar-refractivity contribution in [1.82, 2.24) is 16.0 Å². The van der Waals surface area contributed by atoms with Crippen LogP contribution in [0.4, 0.5) is 0 Å². The number of carbonyl (C=O) groups excluding carboxylic acids is 4. The zero-order chi connectivity index (χ0) is 21.6. The average Bonchev–Trinajstić information content (AvgIpc) is 2.74. The third-order valence-electron chi connectivity index (χ3n) is 3.98. The summed E-state index contributed by atoms with van der Waals surface area (Å²) in [5, 5.41) is 7.61. The molecule has 5 N–H and O–H groups in total. The van der Waals surface area contributed by atoms with E-state index in [1.807, 2.05) is 36.6 Å². The molecule has 0 saturated carbocycles. The van der Waals surface area contributed by atoms with E-state index in [2.05, 4.69) is 16.0 Å². The van der Waals surface area contributed by atoms with Gasteiger partial charge < -0.3 is 26.4 Å². The second-order valence-electron chi connectivity index (χ2n) is 6.16. The summed E-state index contributed by atoms with van der Waals surface area (Å²) < 4.78 is 4.76. The molecule has 0 radical (unpaired) electrons. The molecule has 1 rings (SSSR count). The molecule has 0 bridgehead atoms. The number of methoxy groups -OCH3 is 1. The van der Waals surface area contributed by atoms with Crippen LogP contribution in [0.3, 0.4) is 0 Å². The number of benzene rings is 1. The highest BCUT2D eigenvalue weighted by molar-refractivity contribution is 7.98. The number of thioether (sulfide) groups is 1. The van der Waals surface area contributed by atoms with Crippen LogP contribution >= 0.6 is 11.8 Å². The van der Waals surface area contributed by atoms with E-state index in [0.29, 0.717) is 12.2 Å². The first-order chi connectivity index (χ1) is 13.9. The predicted octanol–water partition coefficient (Wildman–Crippen LogP) is -0.800. The summed E-state index contributed by atoms with van der Waals surface area (Å²) in [6.45, 7) is -0.543. The maximum atomic E-state index is 12.8. The van der Waals surface area contributed by atoms with E-state index >= 15 is 0 Å². The molecule has 9 nitrogen and oxygen atoms in total. The number of carbonyl (C=O) groups is 4. The minimum atomic E-state index is -0.930. The highest BCUT2D eigenvalue weighted by Crippen LogP contribution is 2.06. The van der Waals surface area contributed by atoms with Crippen LogP contribution in [0.5, 0.6) is 0 Å². The largest absolute Gasteiger partial charge is 0.467 e. The molecule has 0 aliphatic carbocycles. The fraction of sp³-hybridized carbons (Fsp3) is 0.474. The molecule has 1 aromatic rings. The van der Waals surface area contributed by atoms with Crippen molar-refractivity contribution in [3.8, 4) is 0 Å². The smallest absolute Gasteiger partial charge is 0.328 e. The van der Waals surface area contributed by atoms with Gasteiger partial charge >= 0.3 is 5.97 Å². The van der Waals surface area contributed by atoms with Crippen molar-refractivity contribution < 1.29 is 23.9 Å². The molecule has 0 aliphatic rings. The van der Waals surface area contributed by atoms with Crippen molar-refractivity contribution >= 4 is 35.5 Å². The van der Waals surface area contributed by atoms with Gasteiger partial charge in [0.15, 0.2) is 0 Å². The van der Waals surface area contributed by atoms with Crippen LogP contribution in [-0.4, -0.2) is 68.0 Å². The number of hydrogen-bond donors (Lipinski definition) is 4. The SMILES string of the molecule is COC(=O)[C@H](CCSC)NC(=O)[C@H](Cc1ccccc1)NC(=O)CNC(=O)CN. The fourth-order valence-corrected chi connectivity index (χ4v) is 2.93. The van der Waals surface area contributed by atoms with Gasteiger partial charge in [-0.15, -0.1) is 0 Å². The summed E-state index contributed by atoms with van der Waals surface area (Å²) in [7, 11) is 1.25. The maximum absolute atomic E-state index is 12.8. The van der Waals surface area contributed by atoms with Gasteiger partial charge in [-0.05, 0) is 24.0 Å². The highest BCUT2D eigenvalue weighted by Gasteiger charge is 2.27. The van der Waals surface area contributed by atoms with Gasteiger partial charge in [0.1, 0.15) is 12.1 Å². The van der Waals surface area contributed by atoms with Crippen molar-refractivity contribution in [1.29, 1.82) is 0 Å². The van der Waals surface area contributed by atoms with E-state index in [4.69, 9.17) is 10.5 Å². The lowest BCUT2D eigenvalue weighted by atomic mass is 10.0. The second kappa shape index (κ2) is 13.6. The fourth-order valence-electron chi connectivity index (χ4n) is 2.45. The number of hydrogen-bond acceptors (Lipinski definition) is 7. The first-order valence-electron chi connectivity index (χ1n) is 9.08. The Bertz CT molecular complexity index is 686. The van der Waals surface area contributed by atoms with Gasteiger partial charge in [-0.1, -0.05) is 30.3 Å². The van der Waals surface area contributed by atoms with E-state index < -0.39 is 35.8 Å². The molecule has 3 amide bonds. The van der Waals surface area contributed by atoms with Crippen LogP contribution in [0, 0.1) is 0 Å². The Morgan fingerprint density at radius 3 is 2.34 bits per heavy atom. The molecule has 10 heteroatoms. The van der Waals surface area contributed by atoms with Gasteiger partial charge in [-0.25, -0.2) is 4.79 Å². The van der Waals surface area contributed by atoms with Crippen molar-refractivity contribution in [2.24, 2.45) is 5.73 Å². The van der Waals surface area contributed by atoms with Gasteiger partial charge in [0.05, 0.1) is 20.2 Å². The Labute approximate surface area is 174 Å². The summed E-state index contributed by atoms with van der Waals surface area (Å²) in [4.78, 5) is 48.2. The summed E-state index contributed by atoms with van der Waals surface area (Å²) in [6, 6.07) is 7.40. The molecule has 1 aromatic carbocycles. The molecule has 0 aromatic heterocycles. The monoisotopic (exact) mass is 424 g/mol. The zero-order valence-electron chi connectivity index (χ0n) is 16.6. The number of rotatable bonds is 12. The minimum absolute atomic E-state index is 0.222. The van der Waals surface area contributed by atoms with Gasteiger partial charge in [0.25, 0.3) is 0 Å². The normalized spacial score (nSPS) is 12.4. The number of esters is 1. The summed E-state index contributed by atoms with van der Waals surface area (Å²) >= 11 is 1.54. The number of amides is 3. The van der Waals surface area contributed by atoms with Gasteiger partial charge in [0.2, 0.25) is 17.7 Å². The van der Waals surface area contributed by atoms with E-state index in [1.54, 1.807) is 0 Å². The second-order valence-corrected chi connectivity index (χ2v) is 7.14. The molecule has 0 spiro atoms. The Morgan fingerprint density at radius 2 is 1.76 bits per heavy atom.